The van der Waals surface area contributed by atoms with Crippen molar-refractivity contribution in [3.05, 3.63) is 101 Å². The summed E-state index contributed by atoms with van der Waals surface area (Å²) < 4.78 is 5.78. The summed E-state index contributed by atoms with van der Waals surface area (Å²) in [7, 11) is 0. The number of carbonyl (C=O) groups is 1. The van der Waals surface area contributed by atoms with Crippen LogP contribution in [-0.2, 0) is 6.61 Å². The molecule has 0 saturated heterocycles. The Balaban J connectivity index is 1.57. The van der Waals surface area contributed by atoms with Crippen molar-refractivity contribution < 1.29 is 9.53 Å². The van der Waals surface area contributed by atoms with E-state index in [1.165, 1.54) is 11.6 Å². The molecular formula is C22H19NO2. The molecule has 0 unspecified atom stereocenters. The molecule has 0 radical (unpaired) electrons. The number of hydrogen-bond donors (Lipinski definition) is 0. The molecule has 25 heavy (non-hydrogen) atoms. The average molecular weight is 329 g/mol. The third-order valence-corrected chi connectivity index (χ3v) is 3.75. The smallest absolute Gasteiger partial charge is 0.204 e. The summed E-state index contributed by atoms with van der Waals surface area (Å²) in [5.74, 6) is 0.689. The number of benzene rings is 2. The third-order valence-electron chi connectivity index (χ3n) is 3.75. The first-order chi connectivity index (χ1) is 12.2. The molecule has 3 heteroatoms. The normalized spacial score (nSPS) is 10.8. The lowest BCUT2D eigenvalue weighted by molar-refractivity contribution is 0.104. The van der Waals surface area contributed by atoms with Gasteiger partial charge in [-0.15, -0.1) is 0 Å². The Morgan fingerprint density at radius 1 is 1.00 bits per heavy atom. The van der Waals surface area contributed by atoms with Gasteiger partial charge in [0.05, 0.1) is 0 Å². The van der Waals surface area contributed by atoms with Crippen LogP contribution in [0.3, 0.4) is 0 Å². The molecule has 1 heterocycles. The van der Waals surface area contributed by atoms with Gasteiger partial charge in [-0.05, 0) is 48.4 Å². The first kappa shape index (κ1) is 16.7. The fourth-order valence-electron chi connectivity index (χ4n) is 2.29. The predicted octanol–water partition coefficient (Wildman–Crippen LogP) is 4.87. The lowest BCUT2D eigenvalue weighted by atomic mass is 10.1. The van der Waals surface area contributed by atoms with Crippen molar-refractivity contribution in [2.75, 3.05) is 0 Å². The van der Waals surface area contributed by atoms with E-state index in [9.17, 15) is 4.79 Å². The van der Waals surface area contributed by atoms with Gasteiger partial charge in [0.15, 0.2) is 0 Å². The topological polar surface area (TPSA) is 39.2 Å². The first-order valence-corrected chi connectivity index (χ1v) is 8.12. The molecule has 0 amide bonds. The standard InChI is InChI=1S/C22H19NO2/c1-17-5-7-19(8-6-17)16-25-20-12-9-18(10-13-20)11-14-22(24)21-4-2-3-15-23-21/h2-15H,16H2,1H3/b14-11+. The average Bonchev–Trinajstić information content (AvgIpc) is 2.67. The van der Waals surface area contributed by atoms with Gasteiger partial charge in [-0.25, -0.2) is 0 Å². The molecule has 0 aliphatic rings. The maximum atomic E-state index is 12.0. The zero-order chi connectivity index (χ0) is 17.5. The van der Waals surface area contributed by atoms with Gasteiger partial charge in [0, 0.05) is 6.20 Å². The van der Waals surface area contributed by atoms with Crippen LogP contribution in [0.25, 0.3) is 6.08 Å². The molecule has 0 bridgehead atoms. The SMILES string of the molecule is Cc1ccc(COc2ccc(/C=C/C(=O)c3ccccn3)cc2)cc1. The second-order valence-electron chi connectivity index (χ2n) is 5.76. The summed E-state index contributed by atoms with van der Waals surface area (Å²) in [6.07, 6.45) is 4.92. The van der Waals surface area contributed by atoms with Crippen LogP contribution >= 0.6 is 0 Å². The van der Waals surface area contributed by atoms with E-state index >= 15 is 0 Å². The summed E-state index contributed by atoms with van der Waals surface area (Å²) in [6, 6.07) is 21.2. The van der Waals surface area contributed by atoms with E-state index in [4.69, 9.17) is 4.74 Å². The molecule has 0 fully saturated rings. The zero-order valence-corrected chi connectivity index (χ0v) is 14.1. The minimum Gasteiger partial charge on any atom is -0.489 e. The minimum absolute atomic E-state index is 0.111. The van der Waals surface area contributed by atoms with Gasteiger partial charge in [0.1, 0.15) is 18.1 Å². The lowest BCUT2D eigenvalue weighted by Crippen LogP contribution is -1.96. The number of ether oxygens (including phenoxy) is 1. The molecule has 0 atom stereocenters. The summed E-state index contributed by atoms with van der Waals surface area (Å²) >= 11 is 0. The van der Waals surface area contributed by atoms with E-state index in [0.717, 1.165) is 16.9 Å². The monoisotopic (exact) mass is 329 g/mol. The second-order valence-corrected chi connectivity index (χ2v) is 5.76. The molecule has 1 aromatic heterocycles. The van der Waals surface area contributed by atoms with Gasteiger partial charge in [-0.1, -0.05) is 54.1 Å². The van der Waals surface area contributed by atoms with Crippen LogP contribution in [0.15, 0.2) is 79.0 Å². The maximum Gasteiger partial charge on any atom is 0.204 e. The molecule has 0 spiro atoms. The molecule has 2 aromatic carbocycles. The van der Waals surface area contributed by atoms with E-state index in [2.05, 4.69) is 36.2 Å². The van der Waals surface area contributed by atoms with Crippen molar-refractivity contribution in [2.24, 2.45) is 0 Å². The number of rotatable bonds is 6. The third kappa shape index (κ3) is 4.88. The number of pyridine rings is 1. The summed E-state index contributed by atoms with van der Waals surface area (Å²) in [6.45, 7) is 2.60. The second kappa shape index (κ2) is 8.06. The van der Waals surface area contributed by atoms with Crippen LogP contribution in [0.5, 0.6) is 5.75 Å². The van der Waals surface area contributed by atoms with Crippen molar-refractivity contribution >= 4 is 11.9 Å². The number of aromatic nitrogens is 1. The van der Waals surface area contributed by atoms with Gasteiger partial charge in [-0.3, -0.25) is 9.78 Å². The van der Waals surface area contributed by atoms with Crippen LogP contribution in [-0.4, -0.2) is 10.8 Å². The summed E-state index contributed by atoms with van der Waals surface area (Å²) in [5.41, 5.74) is 3.75. The molecule has 3 rings (SSSR count). The number of nitrogens with zero attached hydrogens (tertiary/aromatic N) is 1. The van der Waals surface area contributed by atoms with E-state index in [-0.39, 0.29) is 5.78 Å². The summed E-state index contributed by atoms with van der Waals surface area (Å²) in [5, 5.41) is 0. The van der Waals surface area contributed by atoms with Crippen molar-refractivity contribution in [3.63, 3.8) is 0 Å². The van der Waals surface area contributed by atoms with E-state index in [0.29, 0.717) is 12.3 Å². The molecule has 3 aromatic rings. The zero-order valence-electron chi connectivity index (χ0n) is 14.1. The Morgan fingerprint density at radius 2 is 1.76 bits per heavy atom. The molecular weight excluding hydrogens is 310 g/mol. The van der Waals surface area contributed by atoms with Crippen molar-refractivity contribution in [1.82, 2.24) is 4.98 Å². The van der Waals surface area contributed by atoms with Gasteiger partial charge in [0.25, 0.3) is 0 Å². The van der Waals surface area contributed by atoms with E-state index in [1.54, 1.807) is 30.5 Å². The minimum atomic E-state index is -0.111. The fraction of sp³-hybridized carbons (Fsp3) is 0.0909. The van der Waals surface area contributed by atoms with Gasteiger partial charge >= 0.3 is 0 Å². The van der Waals surface area contributed by atoms with Crippen LogP contribution < -0.4 is 4.74 Å². The van der Waals surface area contributed by atoms with E-state index in [1.807, 2.05) is 24.3 Å². The molecule has 0 N–H and O–H groups in total. The number of hydrogen-bond acceptors (Lipinski definition) is 3. The Kier molecular flexibility index (Phi) is 5.37. The Hall–Kier alpha value is -3.20. The number of aryl methyl sites for hydroxylation is 1. The Morgan fingerprint density at radius 3 is 2.44 bits per heavy atom. The highest BCUT2D eigenvalue weighted by molar-refractivity contribution is 6.05. The number of ketones is 1. The van der Waals surface area contributed by atoms with Crippen LogP contribution in [0.1, 0.15) is 27.2 Å². The van der Waals surface area contributed by atoms with Gasteiger partial charge in [-0.2, -0.15) is 0 Å². The van der Waals surface area contributed by atoms with Gasteiger partial charge < -0.3 is 4.74 Å². The fourth-order valence-corrected chi connectivity index (χ4v) is 2.29. The van der Waals surface area contributed by atoms with Gasteiger partial charge in [0.2, 0.25) is 5.78 Å². The van der Waals surface area contributed by atoms with Crippen LogP contribution in [0.4, 0.5) is 0 Å². The first-order valence-electron chi connectivity index (χ1n) is 8.12. The summed E-state index contributed by atoms with van der Waals surface area (Å²) in [4.78, 5) is 16.0. The maximum absolute atomic E-state index is 12.0. The van der Waals surface area contributed by atoms with Crippen molar-refractivity contribution in [1.29, 1.82) is 0 Å². The largest absolute Gasteiger partial charge is 0.489 e. The molecule has 124 valence electrons. The Labute approximate surface area is 147 Å². The number of carbonyl (C=O) groups excluding carboxylic acids is 1. The molecule has 0 aliphatic heterocycles. The molecule has 0 aliphatic carbocycles. The number of allylic oxidation sites excluding steroid dienone is 1. The van der Waals surface area contributed by atoms with Crippen molar-refractivity contribution in [2.45, 2.75) is 13.5 Å². The van der Waals surface area contributed by atoms with Crippen LogP contribution in [0, 0.1) is 6.92 Å². The Bertz CT molecular complexity index is 851. The van der Waals surface area contributed by atoms with Crippen LogP contribution in [0.2, 0.25) is 0 Å². The quantitative estimate of drug-likeness (QED) is 0.478. The van der Waals surface area contributed by atoms with E-state index < -0.39 is 0 Å². The predicted molar refractivity (Wildman–Crippen MR) is 99.6 cm³/mol. The van der Waals surface area contributed by atoms with Crippen molar-refractivity contribution in [3.8, 4) is 5.75 Å². The lowest BCUT2D eigenvalue weighted by Gasteiger charge is -2.07. The highest BCUT2D eigenvalue weighted by Crippen LogP contribution is 2.15. The highest BCUT2D eigenvalue weighted by atomic mass is 16.5. The molecule has 0 saturated carbocycles. The highest BCUT2D eigenvalue weighted by Gasteiger charge is 2.01. The molecule has 3 nitrogen and oxygen atoms in total.